The van der Waals surface area contributed by atoms with E-state index in [9.17, 15) is 14.0 Å². The van der Waals surface area contributed by atoms with Crippen molar-refractivity contribution in [2.45, 2.75) is 72.4 Å². The van der Waals surface area contributed by atoms with E-state index in [-0.39, 0.29) is 29.6 Å². The van der Waals surface area contributed by atoms with Crippen molar-refractivity contribution < 1.29 is 18.5 Å². The number of hydrogen-bond acceptors (Lipinski definition) is 4. The maximum Gasteiger partial charge on any atom is 0.243 e. The first-order valence-electron chi connectivity index (χ1n) is 13.3. The van der Waals surface area contributed by atoms with Crippen molar-refractivity contribution in [2.75, 3.05) is 6.54 Å². The third kappa shape index (κ3) is 6.44. The van der Waals surface area contributed by atoms with E-state index in [1.165, 1.54) is 6.07 Å². The van der Waals surface area contributed by atoms with Crippen molar-refractivity contribution in [3.8, 4) is 11.1 Å². The van der Waals surface area contributed by atoms with E-state index in [4.69, 9.17) is 16.1 Å². The summed E-state index contributed by atoms with van der Waals surface area (Å²) in [7, 11) is 0. The summed E-state index contributed by atoms with van der Waals surface area (Å²) in [6, 6.07) is 12.8. The lowest BCUT2D eigenvalue weighted by Crippen LogP contribution is -2.48. The van der Waals surface area contributed by atoms with Gasteiger partial charge in [-0.15, -0.1) is 0 Å². The Bertz CT molecular complexity index is 1220. The number of aromatic nitrogens is 1. The van der Waals surface area contributed by atoms with Crippen molar-refractivity contribution >= 4 is 23.4 Å². The van der Waals surface area contributed by atoms with Crippen molar-refractivity contribution in [1.82, 2.24) is 15.4 Å². The van der Waals surface area contributed by atoms with E-state index in [0.29, 0.717) is 34.9 Å². The molecule has 6 nitrogen and oxygen atoms in total. The van der Waals surface area contributed by atoms with Gasteiger partial charge in [0.05, 0.1) is 16.8 Å². The van der Waals surface area contributed by atoms with E-state index in [1.54, 1.807) is 35.2 Å². The molecule has 3 atom stereocenters. The third-order valence-electron chi connectivity index (χ3n) is 6.74. The largest absolute Gasteiger partial charge is 0.360 e. The van der Waals surface area contributed by atoms with Gasteiger partial charge in [0.2, 0.25) is 11.8 Å². The van der Waals surface area contributed by atoms with E-state index in [2.05, 4.69) is 10.5 Å². The van der Waals surface area contributed by atoms with Crippen molar-refractivity contribution in [3.05, 3.63) is 76.4 Å². The van der Waals surface area contributed by atoms with Gasteiger partial charge in [0.25, 0.3) is 0 Å². The lowest BCUT2D eigenvalue weighted by Gasteiger charge is -2.29. The molecule has 38 heavy (non-hydrogen) atoms. The van der Waals surface area contributed by atoms with Crippen LogP contribution >= 0.6 is 11.6 Å². The molecule has 2 heterocycles. The molecule has 1 N–H and O–H groups in total. The Labute approximate surface area is 229 Å². The zero-order valence-electron chi connectivity index (χ0n) is 22.9. The molecule has 4 rings (SSSR count). The van der Waals surface area contributed by atoms with E-state index in [1.807, 2.05) is 53.7 Å². The Morgan fingerprint density at radius 1 is 1.13 bits per heavy atom. The minimum Gasteiger partial charge on any atom is -0.360 e. The van der Waals surface area contributed by atoms with Crippen LogP contribution in [0.5, 0.6) is 0 Å². The highest BCUT2D eigenvalue weighted by atomic mass is 35.5. The average Bonchev–Trinajstić information content (AvgIpc) is 3.55. The van der Waals surface area contributed by atoms with Crippen molar-refractivity contribution in [2.24, 2.45) is 5.92 Å². The predicted octanol–water partition coefficient (Wildman–Crippen LogP) is 7.08. The number of amides is 2. The zero-order valence-corrected chi connectivity index (χ0v) is 23.7. The Hall–Kier alpha value is -3.19. The number of halogens is 2. The summed E-state index contributed by atoms with van der Waals surface area (Å²) in [5.74, 6) is -0.655. The van der Waals surface area contributed by atoms with Gasteiger partial charge in [-0.05, 0) is 55.9 Å². The van der Waals surface area contributed by atoms with Crippen LogP contribution in [0.25, 0.3) is 11.1 Å². The quantitative estimate of drug-likeness (QED) is 0.347. The van der Waals surface area contributed by atoms with Gasteiger partial charge >= 0.3 is 0 Å². The summed E-state index contributed by atoms with van der Waals surface area (Å²) in [5.41, 5.74) is 2.60. The van der Waals surface area contributed by atoms with Crippen molar-refractivity contribution in [1.29, 1.82) is 0 Å². The van der Waals surface area contributed by atoms with Crippen LogP contribution in [0.15, 0.2) is 53.1 Å². The monoisotopic (exact) mass is 541 g/mol. The molecule has 0 aliphatic carbocycles. The topological polar surface area (TPSA) is 75.4 Å². The molecule has 2 aromatic carbocycles. The Morgan fingerprint density at radius 2 is 1.82 bits per heavy atom. The Morgan fingerprint density at radius 3 is 2.39 bits per heavy atom. The highest BCUT2D eigenvalue weighted by Gasteiger charge is 2.40. The van der Waals surface area contributed by atoms with Crippen LogP contribution in [0.2, 0.25) is 5.02 Å². The fraction of sp³-hybridized carbons (Fsp3) is 0.433. The predicted molar refractivity (Wildman–Crippen MR) is 148 cm³/mol. The van der Waals surface area contributed by atoms with Crippen LogP contribution in [-0.2, 0) is 9.59 Å². The van der Waals surface area contributed by atoms with Gasteiger partial charge in [-0.2, -0.15) is 0 Å². The molecule has 204 valence electrons. The Kier molecular flexibility index (Phi) is 10.1. The first kappa shape index (κ1) is 29.4. The molecular weight excluding hydrogens is 505 g/mol. The molecule has 2 amide bonds. The molecule has 1 fully saturated rings. The molecule has 1 saturated heterocycles. The van der Waals surface area contributed by atoms with E-state index in [0.717, 1.165) is 17.7 Å². The van der Waals surface area contributed by atoms with Gasteiger partial charge in [-0.1, -0.05) is 74.8 Å². The van der Waals surface area contributed by atoms with Gasteiger partial charge in [-0.25, -0.2) is 4.39 Å². The fourth-order valence-corrected chi connectivity index (χ4v) is 5.12. The molecule has 1 aliphatic rings. The highest BCUT2D eigenvalue weighted by molar-refractivity contribution is 6.33. The van der Waals surface area contributed by atoms with Gasteiger partial charge in [0.15, 0.2) is 0 Å². The molecule has 0 saturated carbocycles. The maximum absolute atomic E-state index is 14.3. The van der Waals surface area contributed by atoms with Gasteiger partial charge in [-0.3, -0.25) is 9.59 Å². The van der Waals surface area contributed by atoms with E-state index >= 15 is 0 Å². The Balaban J connectivity index is 0.00000195. The lowest BCUT2D eigenvalue weighted by atomic mass is 9.91. The number of carbonyl (C=O) groups is 2. The minimum atomic E-state index is -0.540. The van der Waals surface area contributed by atoms with Crippen LogP contribution in [0.1, 0.15) is 76.4 Å². The third-order valence-corrected chi connectivity index (χ3v) is 7.06. The number of rotatable bonds is 7. The lowest BCUT2D eigenvalue weighted by molar-refractivity contribution is -0.141. The number of carbonyl (C=O) groups excluding carboxylic acids is 2. The van der Waals surface area contributed by atoms with Crippen LogP contribution in [0.4, 0.5) is 4.39 Å². The fourth-order valence-electron chi connectivity index (χ4n) is 4.85. The van der Waals surface area contributed by atoms with Crippen molar-refractivity contribution in [3.63, 3.8) is 0 Å². The minimum absolute atomic E-state index is 0.00504. The summed E-state index contributed by atoms with van der Waals surface area (Å²) in [5, 5.41) is 7.33. The molecule has 3 unspecified atom stereocenters. The number of hydrogen-bond donors (Lipinski definition) is 1. The summed E-state index contributed by atoms with van der Waals surface area (Å²) in [4.78, 5) is 28.4. The molecule has 0 radical (unpaired) electrons. The standard InChI is InChI=1S/C28H31ClFN3O3.C2H6/c1-16(2)25(24-15-17(3)32-36-24)28(35)33-14-6-9-23(33)27(34)31-18(4)19-10-12-20(13-11-19)26-21(29)7-5-8-22(26)30;1-2/h5,7-8,10-13,15-16,18,23,25H,6,9,14H2,1-4H3,(H,31,34);1-2H3. The molecule has 0 spiro atoms. The summed E-state index contributed by atoms with van der Waals surface area (Å²) in [6.45, 7) is 12.2. The normalized spacial score (nSPS) is 16.6. The van der Waals surface area contributed by atoms with Crippen LogP contribution in [-0.4, -0.2) is 34.5 Å². The first-order valence-corrected chi connectivity index (χ1v) is 13.6. The second kappa shape index (κ2) is 13.1. The van der Waals surface area contributed by atoms with Crippen LogP contribution < -0.4 is 5.32 Å². The molecule has 1 aromatic heterocycles. The number of benzene rings is 2. The number of likely N-dealkylation sites (tertiary alicyclic amines) is 1. The SMILES string of the molecule is CC.Cc1cc(C(C(=O)N2CCCC2C(=O)NC(C)c2ccc(-c3c(F)cccc3Cl)cc2)C(C)C)on1. The number of nitrogens with one attached hydrogen (secondary N) is 1. The summed E-state index contributed by atoms with van der Waals surface area (Å²) in [6.07, 6.45) is 1.37. The van der Waals surface area contributed by atoms with Crippen LogP contribution in [0.3, 0.4) is 0 Å². The molecule has 0 bridgehead atoms. The summed E-state index contributed by atoms with van der Waals surface area (Å²) >= 11 is 6.19. The molecule has 1 aliphatic heterocycles. The van der Waals surface area contributed by atoms with Gasteiger partial charge < -0.3 is 14.7 Å². The number of nitrogens with zero attached hydrogens (tertiary/aromatic N) is 2. The van der Waals surface area contributed by atoms with E-state index < -0.39 is 12.0 Å². The van der Waals surface area contributed by atoms with Gasteiger partial charge in [0.1, 0.15) is 23.5 Å². The number of aryl methyl sites for hydroxylation is 1. The second-order valence-electron chi connectivity index (χ2n) is 9.73. The first-order chi connectivity index (χ1) is 18.2. The molecular formula is C30H37ClFN3O3. The maximum atomic E-state index is 14.3. The second-order valence-corrected chi connectivity index (χ2v) is 10.1. The highest BCUT2D eigenvalue weighted by Crippen LogP contribution is 2.33. The smallest absolute Gasteiger partial charge is 0.243 e. The molecule has 3 aromatic rings. The van der Waals surface area contributed by atoms with Gasteiger partial charge in [0, 0.05) is 18.2 Å². The molecule has 8 heteroatoms. The zero-order chi connectivity index (χ0) is 28.0. The summed E-state index contributed by atoms with van der Waals surface area (Å²) < 4.78 is 19.7. The average molecular weight is 542 g/mol. The van der Waals surface area contributed by atoms with Crippen LogP contribution in [0, 0.1) is 18.7 Å².